The first-order valence-electron chi connectivity index (χ1n) is 11.0. The van der Waals surface area contributed by atoms with Crippen molar-refractivity contribution in [2.24, 2.45) is 0 Å². The lowest BCUT2D eigenvalue weighted by Gasteiger charge is -2.11. The molecule has 3 N–H and O–H groups in total. The normalized spacial score (nSPS) is 10.6. The first-order chi connectivity index (χ1) is 17.2. The van der Waals surface area contributed by atoms with Crippen LogP contribution in [0, 0.1) is 0 Å². The van der Waals surface area contributed by atoms with Crippen LogP contribution in [0.25, 0.3) is 10.8 Å². The number of carbonyl (C=O) groups is 1. The third-order valence-corrected chi connectivity index (χ3v) is 5.92. The number of thioether (sulfide) groups is 1. The second kappa shape index (κ2) is 10.7. The van der Waals surface area contributed by atoms with Gasteiger partial charge in [-0.3, -0.25) is 4.79 Å². The zero-order valence-electron chi connectivity index (χ0n) is 18.7. The molecule has 1 amide bonds. The SMILES string of the molecule is O=C(CSc1nc(Nc2ccccc2)nc(Nc2ccccc2)n1)Nc1cccc2ccccc12. The van der Waals surface area contributed by atoms with Crippen LogP contribution in [0.5, 0.6) is 0 Å². The van der Waals surface area contributed by atoms with Crippen molar-refractivity contribution in [2.75, 3.05) is 21.7 Å². The van der Waals surface area contributed by atoms with E-state index in [0.29, 0.717) is 17.1 Å². The molecule has 172 valence electrons. The van der Waals surface area contributed by atoms with Gasteiger partial charge in [0.25, 0.3) is 0 Å². The predicted octanol–water partition coefficient (Wildman–Crippen LogP) is 6.24. The molecule has 0 aliphatic carbocycles. The number of para-hydroxylation sites is 2. The van der Waals surface area contributed by atoms with E-state index in [1.54, 1.807) is 0 Å². The van der Waals surface area contributed by atoms with Crippen LogP contribution >= 0.6 is 11.8 Å². The molecule has 1 aromatic heterocycles. The molecule has 0 radical (unpaired) electrons. The smallest absolute Gasteiger partial charge is 0.234 e. The zero-order valence-corrected chi connectivity index (χ0v) is 19.5. The van der Waals surface area contributed by atoms with Crippen molar-refractivity contribution in [3.8, 4) is 0 Å². The molecule has 0 atom stereocenters. The number of rotatable bonds is 8. The number of fused-ring (bicyclic) bond motifs is 1. The summed E-state index contributed by atoms with van der Waals surface area (Å²) in [6.07, 6.45) is 0. The largest absolute Gasteiger partial charge is 0.325 e. The van der Waals surface area contributed by atoms with E-state index < -0.39 is 0 Å². The van der Waals surface area contributed by atoms with Gasteiger partial charge in [-0.05, 0) is 35.7 Å². The summed E-state index contributed by atoms with van der Waals surface area (Å²) in [4.78, 5) is 26.3. The van der Waals surface area contributed by atoms with Gasteiger partial charge in [0.05, 0.1) is 5.75 Å². The molecule has 5 rings (SSSR count). The summed E-state index contributed by atoms with van der Waals surface area (Å²) in [6.45, 7) is 0. The maximum absolute atomic E-state index is 12.7. The van der Waals surface area contributed by atoms with E-state index in [9.17, 15) is 4.79 Å². The summed E-state index contributed by atoms with van der Waals surface area (Å²) in [6, 6.07) is 33.1. The minimum Gasteiger partial charge on any atom is -0.325 e. The molecule has 35 heavy (non-hydrogen) atoms. The number of nitrogens with zero attached hydrogens (tertiary/aromatic N) is 3. The van der Waals surface area contributed by atoms with Crippen molar-refractivity contribution in [3.05, 3.63) is 103 Å². The van der Waals surface area contributed by atoms with Crippen LogP contribution in [-0.2, 0) is 4.79 Å². The first-order valence-corrected chi connectivity index (χ1v) is 12.0. The Balaban J connectivity index is 1.33. The van der Waals surface area contributed by atoms with E-state index in [1.807, 2.05) is 103 Å². The Morgan fingerprint density at radius 1 is 0.657 bits per heavy atom. The summed E-state index contributed by atoms with van der Waals surface area (Å²) in [5, 5.41) is 11.9. The Bertz CT molecular complexity index is 1380. The molecule has 0 bridgehead atoms. The fourth-order valence-electron chi connectivity index (χ4n) is 3.48. The Morgan fingerprint density at radius 3 is 1.89 bits per heavy atom. The minimum absolute atomic E-state index is 0.137. The van der Waals surface area contributed by atoms with Gasteiger partial charge in [0.1, 0.15) is 0 Å². The van der Waals surface area contributed by atoms with Crippen LogP contribution in [0.15, 0.2) is 108 Å². The second-order valence-electron chi connectivity index (χ2n) is 7.61. The Kier molecular flexibility index (Phi) is 6.82. The standard InChI is InChI=1S/C27H22N6OS/c34-24(30-23-17-9-11-19-10-7-8-16-22(19)23)18-35-27-32-25(28-20-12-3-1-4-13-20)31-26(33-27)29-21-14-5-2-6-15-21/h1-17H,18H2,(H,30,34)(H2,28,29,31,32,33). The molecule has 0 spiro atoms. The highest BCUT2D eigenvalue weighted by atomic mass is 32.2. The van der Waals surface area contributed by atoms with Gasteiger partial charge in [-0.1, -0.05) is 84.6 Å². The van der Waals surface area contributed by atoms with E-state index >= 15 is 0 Å². The zero-order chi connectivity index (χ0) is 23.9. The predicted molar refractivity (Wildman–Crippen MR) is 143 cm³/mol. The van der Waals surface area contributed by atoms with Crippen LogP contribution in [0.2, 0.25) is 0 Å². The van der Waals surface area contributed by atoms with Gasteiger partial charge in [-0.25, -0.2) is 0 Å². The highest BCUT2D eigenvalue weighted by Gasteiger charge is 2.12. The number of nitrogens with one attached hydrogen (secondary N) is 3. The van der Waals surface area contributed by atoms with Crippen LogP contribution in [0.1, 0.15) is 0 Å². The van der Waals surface area contributed by atoms with E-state index in [-0.39, 0.29) is 11.7 Å². The second-order valence-corrected chi connectivity index (χ2v) is 8.55. The Morgan fingerprint density at radius 2 is 1.23 bits per heavy atom. The number of hydrogen-bond donors (Lipinski definition) is 3. The number of hydrogen-bond acceptors (Lipinski definition) is 7. The highest BCUT2D eigenvalue weighted by molar-refractivity contribution is 7.99. The molecule has 1 heterocycles. The molecule has 7 nitrogen and oxygen atoms in total. The third kappa shape index (κ3) is 5.93. The number of benzene rings is 4. The molecule has 0 saturated heterocycles. The van der Waals surface area contributed by atoms with Gasteiger partial charge in [-0.2, -0.15) is 15.0 Å². The average Bonchev–Trinajstić information content (AvgIpc) is 2.89. The first kappa shape index (κ1) is 22.4. The third-order valence-electron chi connectivity index (χ3n) is 5.07. The number of carbonyl (C=O) groups excluding carboxylic acids is 1. The fourth-order valence-corrected chi connectivity index (χ4v) is 4.12. The van der Waals surface area contributed by atoms with Gasteiger partial charge in [0.2, 0.25) is 17.8 Å². The molecule has 0 unspecified atom stereocenters. The van der Waals surface area contributed by atoms with E-state index in [4.69, 9.17) is 0 Å². The summed E-state index contributed by atoms with van der Waals surface area (Å²) in [7, 11) is 0. The molecule has 8 heteroatoms. The van der Waals surface area contributed by atoms with Crippen molar-refractivity contribution < 1.29 is 4.79 Å². The lowest BCUT2D eigenvalue weighted by atomic mass is 10.1. The Hall–Kier alpha value is -4.43. The quantitative estimate of drug-likeness (QED) is 0.227. The van der Waals surface area contributed by atoms with Gasteiger partial charge in [-0.15, -0.1) is 0 Å². The van der Waals surface area contributed by atoms with E-state index in [2.05, 4.69) is 30.9 Å². The summed E-state index contributed by atoms with van der Waals surface area (Å²) in [5.41, 5.74) is 2.49. The summed E-state index contributed by atoms with van der Waals surface area (Å²) in [5.74, 6) is 0.799. The molecule has 0 aliphatic heterocycles. The summed E-state index contributed by atoms with van der Waals surface area (Å²) < 4.78 is 0. The number of amides is 1. The van der Waals surface area contributed by atoms with E-state index in [0.717, 1.165) is 27.8 Å². The molecule has 4 aromatic carbocycles. The maximum atomic E-state index is 12.7. The van der Waals surface area contributed by atoms with Crippen molar-refractivity contribution in [1.29, 1.82) is 0 Å². The van der Waals surface area contributed by atoms with Crippen molar-refractivity contribution in [1.82, 2.24) is 15.0 Å². The van der Waals surface area contributed by atoms with Crippen LogP contribution < -0.4 is 16.0 Å². The average molecular weight is 479 g/mol. The molecule has 0 saturated carbocycles. The van der Waals surface area contributed by atoms with E-state index in [1.165, 1.54) is 11.8 Å². The highest BCUT2D eigenvalue weighted by Crippen LogP contribution is 2.25. The van der Waals surface area contributed by atoms with Gasteiger partial charge in [0.15, 0.2) is 5.16 Å². The fraction of sp³-hybridized carbons (Fsp3) is 0.0370. The van der Waals surface area contributed by atoms with Gasteiger partial charge < -0.3 is 16.0 Å². The van der Waals surface area contributed by atoms with Gasteiger partial charge >= 0.3 is 0 Å². The van der Waals surface area contributed by atoms with Crippen molar-refractivity contribution in [2.45, 2.75) is 5.16 Å². The molecule has 0 fully saturated rings. The molecule has 5 aromatic rings. The summed E-state index contributed by atoms with van der Waals surface area (Å²) >= 11 is 1.25. The van der Waals surface area contributed by atoms with Crippen LogP contribution in [0.3, 0.4) is 0 Å². The van der Waals surface area contributed by atoms with Crippen LogP contribution in [-0.4, -0.2) is 26.6 Å². The lowest BCUT2D eigenvalue weighted by Crippen LogP contribution is -2.15. The number of anilines is 5. The van der Waals surface area contributed by atoms with Gasteiger partial charge in [0, 0.05) is 22.4 Å². The topological polar surface area (TPSA) is 91.8 Å². The molecular formula is C27H22N6OS. The molecular weight excluding hydrogens is 456 g/mol. The van der Waals surface area contributed by atoms with Crippen molar-refractivity contribution >= 4 is 57.4 Å². The Labute approximate surface area is 207 Å². The minimum atomic E-state index is -0.137. The lowest BCUT2D eigenvalue weighted by molar-refractivity contribution is -0.113. The number of aromatic nitrogens is 3. The monoisotopic (exact) mass is 478 g/mol. The molecule has 0 aliphatic rings. The maximum Gasteiger partial charge on any atom is 0.234 e. The van der Waals surface area contributed by atoms with Crippen molar-refractivity contribution in [3.63, 3.8) is 0 Å². The van der Waals surface area contributed by atoms with Crippen LogP contribution in [0.4, 0.5) is 29.0 Å².